The average Bonchev–Trinajstić information content (AvgIpc) is 2.24. The van der Waals surface area contributed by atoms with Gasteiger partial charge in [0.15, 0.2) is 0 Å². The lowest BCUT2D eigenvalue weighted by Gasteiger charge is -2.15. The predicted molar refractivity (Wildman–Crippen MR) is 68.4 cm³/mol. The van der Waals surface area contributed by atoms with Crippen LogP contribution in [0.15, 0.2) is 18.2 Å². The van der Waals surface area contributed by atoms with Crippen molar-refractivity contribution in [1.82, 2.24) is 0 Å². The summed E-state index contributed by atoms with van der Waals surface area (Å²) in [6.45, 7) is 6.13. The van der Waals surface area contributed by atoms with Crippen LogP contribution in [0.25, 0.3) is 0 Å². The van der Waals surface area contributed by atoms with Crippen molar-refractivity contribution in [2.24, 2.45) is 0 Å². The standard InChI is InChI=1S/C14H22FN/c1-4-5-6-7-12(3)16-13-9-8-11(2)14(15)10-13/h8-10,12,16H,4-7H2,1-3H3. The molecule has 90 valence electrons. The Morgan fingerprint density at radius 3 is 2.69 bits per heavy atom. The van der Waals surface area contributed by atoms with Crippen molar-refractivity contribution in [3.05, 3.63) is 29.6 Å². The maximum Gasteiger partial charge on any atom is 0.128 e. The molecule has 1 N–H and O–H groups in total. The van der Waals surface area contributed by atoms with E-state index in [-0.39, 0.29) is 5.82 Å². The van der Waals surface area contributed by atoms with Crippen LogP contribution in [0, 0.1) is 12.7 Å². The average molecular weight is 223 g/mol. The fraction of sp³-hybridized carbons (Fsp3) is 0.571. The maximum absolute atomic E-state index is 13.3. The second-order valence-corrected chi connectivity index (χ2v) is 4.51. The molecule has 1 rings (SSSR count). The molecule has 1 aromatic carbocycles. The molecule has 0 aliphatic carbocycles. The second-order valence-electron chi connectivity index (χ2n) is 4.51. The van der Waals surface area contributed by atoms with E-state index in [0.717, 1.165) is 12.1 Å². The van der Waals surface area contributed by atoms with Gasteiger partial charge in [0.25, 0.3) is 0 Å². The molecule has 0 bridgehead atoms. The van der Waals surface area contributed by atoms with E-state index in [2.05, 4.69) is 19.2 Å². The third-order valence-corrected chi connectivity index (χ3v) is 2.83. The van der Waals surface area contributed by atoms with Crippen LogP contribution in [-0.4, -0.2) is 6.04 Å². The Balaban J connectivity index is 2.43. The highest BCUT2D eigenvalue weighted by Gasteiger charge is 2.03. The number of nitrogens with one attached hydrogen (secondary N) is 1. The molecule has 0 fully saturated rings. The third-order valence-electron chi connectivity index (χ3n) is 2.83. The van der Waals surface area contributed by atoms with Crippen molar-refractivity contribution in [3.8, 4) is 0 Å². The molecule has 16 heavy (non-hydrogen) atoms. The molecule has 2 heteroatoms. The van der Waals surface area contributed by atoms with Gasteiger partial charge < -0.3 is 5.32 Å². The molecule has 1 unspecified atom stereocenters. The Labute approximate surface area is 98.1 Å². The molecule has 0 amide bonds. The van der Waals surface area contributed by atoms with Crippen molar-refractivity contribution in [2.45, 2.75) is 52.5 Å². The highest BCUT2D eigenvalue weighted by atomic mass is 19.1. The summed E-state index contributed by atoms with van der Waals surface area (Å²) < 4.78 is 13.3. The summed E-state index contributed by atoms with van der Waals surface area (Å²) in [6, 6.07) is 5.74. The number of halogens is 1. The van der Waals surface area contributed by atoms with Crippen LogP contribution in [0.5, 0.6) is 0 Å². The highest BCUT2D eigenvalue weighted by Crippen LogP contribution is 2.16. The summed E-state index contributed by atoms with van der Waals surface area (Å²) in [7, 11) is 0. The van der Waals surface area contributed by atoms with Gasteiger partial charge in [-0.15, -0.1) is 0 Å². The Bertz CT molecular complexity index is 323. The zero-order chi connectivity index (χ0) is 12.0. The molecule has 0 saturated carbocycles. The molecule has 1 atom stereocenters. The van der Waals surface area contributed by atoms with E-state index >= 15 is 0 Å². The summed E-state index contributed by atoms with van der Waals surface area (Å²) in [5.41, 5.74) is 1.58. The van der Waals surface area contributed by atoms with Crippen molar-refractivity contribution >= 4 is 5.69 Å². The van der Waals surface area contributed by atoms with Gasteiger partial charge in [0.2, 0.25) is 0 Å². The molecule has 0 aromatic heterocycles. The van der Waals surface area contributed by atoms with E-state index in [9.17, 15) is 4.39 Å². The topological polar surface area (TPSA) is 12.0 Å². The lowest BCUT2D eigenvalue weighted by atomic mass is 10.1. The minimum Gasteiger partial charge on any atom is -0.383 e. The van der Waals surface area contributed by atoms with Gasteiger partial charge in [-0.05, 0) is 38.0 Å². The number of anilines is 1. The van der Waals surface area contributed by atoms with Gasteiger partial charge in [-0.2, -0.15) is 0 Å². The van der Waals surface area contributed by atoms with Gasteiger partial charge in [-0.25, -0.2) is 4.39 Å². The number of rotatable bonds is 6. The second kappa shape index (κ2) is 6.51. The van der Waals surface area contributed by atoms with Crippen molar-refractivity contribution in [1.29, 1.82) is 0 Å². The quantitative estimate of drug-likeness (QED) is 0.699. The number of hydrogen-bond acceptors (Lipinski definition) is 1. The monoisotopic (exact) mass is 223 g/mol. The maximum atomic E-state index is 13.3. The fourth-order valence-corrected chi connectivity index (χ4v) is 1.74. The van der Waals surface area contributed by atoms with Crippen LogP contribution in [0.1, 0.15) is 45.1 Å². The van der Waals surface area contributed by atoms with Crippen LogP contribution >= 0.6 is 0 Å². The summed E-state index contributed by atoms with van der Waals surface area (Å²) in [6.07, 6.45) is 4.89. The van der Waals surface area contributed by atoms with Gasteiger partial charge in [0.05, 0.1) is 0 Å². The molecule has 0 heterocycles. The van der Waals surface area contributed by atoms with E-state index in [1.54, 1.807) is 13.0 Å². The van der Waals surface area contributed by atoms with E-state index < -0.39 is 0 Å². The smallest absolute Gasteiger partial charge is 0.128 e. The first-order valence-corrected chi connectivity index (χ1v) is 6.16. The molecule has 0 radical (unpaired) electrons. The van der Waals surface area contributed by atoms with Crippen molar-refractivity contribution < 1.29 is 4.39 Å². The zero-order valence-electron chi connectivity index (χ0n) is 10.5. The third kappa shape index (κ3) is 4.21. The largest absolute Gasteiger partial charge is 0.383 e. The molecule has 1 aromatic rings. The fourth-order valence-electron chi connectivity index (χ4n) is 1.74. The summed E-state index contributed by atoms with van der Waals surface area (Å²) in [5, 5.41) is 3.33. The summed E-state index contributed by atoms with van der Waals surface area (Å²) in [4.78, 5) is 0. The SMILES string of the molecule is CCCCCC(C)Nc1ccc(C)c(F)c1. The molecule has 0 saturated heterocycles. The van der Waals surface area contributed by atoms with Crippen LogP contribution < -0.4 is 5.32 Å². The van der Waals surface area contributed by atoms with Gasteiger partial charge in [-0.1, -0.05) is 32.3 Å². The number of unbranched alkanes of at least 4 members (excludes halogenated alkanes) is 2. The van der Waals surface area contributed by atoms with E-state index in [1.165, 1.54) is 19.3 Å². The van der Waals surface area contributed by atoms with Gasteiger partial charge in [-0.3, -0.25) is 0 Å². The first-order valence-electron chi connectivity index (χ1n) is 6.16. The van der Waals surface area contributed by atoms with Crippen LogP contribution in [0.3, 0.4) is 0 Å². The molecular formula is C14H22FN. The number of aryl methyl sites for hydroxylation is 1. The lowest BCUT2D eigenvalue weighted by molar-refractivity contribution is 0.609. The van der Waals surface area contributed by atoms with Crippen LogP contribution in [0.2, 0.25) is 0 Å². The molecular weight excluding hydrogens is 201 g/mol. The van der Waals surface area contributed by atoms with Gasteiger partial charge in [0.1, 0.15) is 5.82 Å². The van der Waals surface area contributed by atoms with E-state index in [4.69, 9.17) is 0 Å². The molecule has 1 nitrogen and oxygen atoms in total. The Hall–Kier alpha value is -1.05. The van der Waals surface area contributed by atoms with Crippen molar-refractivity contribution in [3.63, 3.8) is 0 Å². The van der Waals surface area contributed by atoms with Crippen LogP contribution in [0.4, 0.5) is 10.1 Å². The lowest BCUT2D eigenvalue weighted by Crippen LogP contribution is -2.14. The van der Waals surface area contributed by atoms with E-state index in [0.29, 0.717) is 11.6 Å². The summed E-state index contributed by atoms with van der Waals surface area (Å²) >= 11 is 0. The number of benzene rings is 1. The first-order chi connectivity index (χ1) is 7.63. The minimum absolute atomic E-state index is 0.134. The highest BCUT2D eigenvalue weighted by molar-refractivity contribution is 5.45. The zero-order valence-corrected chi connectivity index (χ0v) is 10.5. The number of hydrogen-bond donors (Lipinski definition) is 1. The first kappa shape index (κ1) is 13.0. The molecule has 0 aliphatic rings. The van der Waals surface area contributed by atoms with Gasteiger partial charge in [0, 0.05) is 11.7 Å². The minimum atomic E-state index is -0.134. The van der Waals surface area contributed by atoms with Crippen LogP contribution in [-0.2, 0) is 0 Å². The van der Waals surface area contributed by atoms with E-state index in [1.807, 2.05) is 12.1 Å². The predicted octanol–water partition coefficient (Wildman–Crippen LogP) is 4.51. The molecule has 0 aliphatic heterocycles. The Kier molecular flexibility index (Phi) is 5.30. The Morgan fingerprint density at radius 2 is 2.06 bits per heavy atom. The summed E-state index contributed by atoms with van der Waals surface area (Å²) in [5.74, 6) is -0.134. The van der Waals surface area contributed by atoms with Crippen molar-refractivity contribution in [2.75, 3.05) is 5.32 Å². The van der Waals surface area contributed by atoms with Gasteiger partial charge >= 0.3 is 0 Å². The normalized spacial score (nSPS) is 12.5. The molecule has 0 spiro atoms. The Morgan fingerprint density at radius 1 is 1.31 bits per heavy atom.